The van der Waals surface area contributed by atoms with Crippen LogP contribution in [0.3, 0.4) is 0 Å². The number of anilines is 1. The number of sulfonamides is 1. The van der Waals surface area contributed by atoms with Gasteiger partial charge in [0.05, 0.1) is 23.5 Å². The van der Waals surface area contributed by atoms with Crippen molar-refractivity contribution in [2.75, 3.05) is 44.1 Å². The van der Waals surface area contributed by atoms with Gasteiger partial charge in [-0.1, -0.05) is 24.3 Å². The number of nitrogens with zero attached hydrogens (tertiary/aromatic N) is 1. The van der Waals surface area contributed by atoms with E-state index in [0.29, 0.717) is 12.2 Å². The van der Waals surface area contributed by atoms with Gasteiger partial charge in [0.1, 0.15) is 0 Å². The summed E-state index contributed by atoms with van der Waals surface area (Å²) in [5.41, 5.74) is 1.80. The van der Waals surface area contributed by atoms with Gasteiger partial charge in [0.2, 0.25) is 5.91 Å². The Morgan fingerprint density at radius 1 is 1.08 bits per heavy atom. The Labute approximate surface area is 219 Å². The number of carboxylic acid groups (broad SMARTS) is 1. The number of alkyl halides is 3. The first kappa shape index (κ1) is 29.4. The lowest BCUT2D eigenvalue weighted by molar-refractivity contribution is -0.192. The number of aryl methyl sites for hydroxylation is 1. The van der Waals surface area contributed by atoms with E-state index in [4.69, 9.17) is 14.6 Å². The molecule has 9 nitrogen and oxygen atoms in total. The van der Waals surface area contributed by atoms with Gasteiger partial charge in [-0.05, 0) is 55.2 Å². The number of aliphatic carboxylic acids is 1. The second-order valence-electron chi connectivity index (χ2n) is 9.09. The number of carbonyl (C=O) groups excluding carboxylic acids is 1. The number of nitrogens with one attached hydrogen (secondary N) is 2. The first-order valence-electron chi connectivity index (χ1n) is 11.9. The molecular formula is C25H30F3N3O6S. The zero-order valence-electron chi connectivity index (χ0n) is 20.8. The van der Waals surface area contributed by atoms with E-state index in [-0.39, 0.29) is 10.8 Å². The van der Waals surface area contributed by atoms with Gasteiger partial charge in [0.25, 0.3) is 10.0 Å². The quantitative estimate of drug-likeness (QED) is 0.456. The highest BCUT2D eigenvalue weighted by atomic mass is 32.2. The van der Waals surface area contributed by atoms with E-state index < -0.39 is 27.6 Å². The lowest BCUT2D eigenvalue weighted by Gasteiger charge is -2.27. The molecule has 1 saturated carbocycles. The summed E-state index contributed by atoms with van der Waals surface area (Å²) in [5.74, 6) is -2.71. The molecular weight excluding hydrogens is 527 g/mol. The van der Waals surface area contributed by atoms with Crippen LogP contribution in [-0.2, 0) is 29.8 Å². The second-order valence-corrected chi connectivity index (χ2v) is 10.8. The number of hydrogen-bond acceptors (Lipinski definition) is 6. The number of benzene rings is 2. The molecule has 2 aromatic carbocycles. The fourth-order valence-electron chi connectivity index (χ4n) is 3.95. The molecule has 1 aliphatic carbocycles. The van der Waals surface area contributed by atoms with Crippen LogP contribution in [0.1, 0.15) is 24.0 Å². The van der Waals surface area contributed by atoms with E-state index in [2.05, 4.69) is 14.9 Å². The van der Waals surface area contributed by atoms with Crippen molar-refractivity contribution < 1.29 is 41.0 Å². The summed E-state index contributed by atoms with van der Waals surface area (Å²) < 4.78 is 64.9. The molecule has 3 N–H and O–H groups in total. The Kier molecular flexibility index (Phi) is 9.39. The molecule has 38 heavy (non-hydrogen) atoms. The fourth-order valence-corrected chi connectivity index (χ4v) is 5.11. The molecule has 1 heterocycles. The Balaban J connectivity index is 0.000000505. The van der Waals surface area contributed by atoms with Crippen molar-refractivity contribution in [1.82, 2.24) is 10.2 Å². The molecule has 2 aromatic rings. The van der Waals surface area contributed by atoms with Crippen LogP contribution < -0.4 is 10.0 Å². The normalized spacial score (nSPS) is 17.1. The highest BCUT2D eigenvalue weighted by Gasteiger charge is 2.51. The number of ether oxygens (including phenoxy) is 1. The third-order valence-corrected chi connectivity index (χ3v) is 7.61. The highest BCUT2D eigenvalue weighted by molar-refractivity contribution is 7.92. The standard InChI is InChI=1S/C23H29N3O4S.C2HF3O2/c1-18-3-2-4-21(17-18)31(28,29)25-20-7-5-19(6-8-20)23(9-10-23)22(27)24-11-12-26-13-15-30-16-14-26;3-2(4,5)1(6)7/h2-8,17,25H,9-16H2,1H3,(H,24,27);(H,6,7). The maximum absolute atomic E-state index is 12.8. The molecule has 0 atom stereocenters. The molecule has 0 bridgehead atoms. The third kappa shape index (κ3) is 7.92. The first-order valence-corrected chi connectivity index (χ1v) is 13.4. The predicted octanol–water partition coefficient (Wildman–Crippen LogP) is 2.91. The Morgan fingerprint density at radius 3 is 2.21 bits per heavy atom. The molecule has 208 valence electrons. The van der Waals surface area contributed by atoms with Gasteiger partial charge >= 0.3 is 12.1 Å². The number of hydrogen-bond donors (Lipinski definition) is 3. The number of rotatable bonds is 8. The molecule has 2 aliphatic rings. The van der Waals surface area contributed by atoms with E-state index in [1.165, 1.54) is 0 Å². The SMILES string of the molecule is Cc1cccc(S(=O)(=O)Nc2ccc(C3(C(=O)NCCN4CCOCC4)CC3)cc2)c1.O=C(O)C(F)(F)F. The lowest BCUT2D eigenvalue weighted by Crippen LogP contribution is -2.43. The molecule has 1 aliphatic heterocycles. The predicted molar refractivity (Wildman–Crippen MR) is 133 cm³/mol. The van der Waals surface area contributed by atoms with Crippen molar-refractivity contribution in [2.45, 2.75) is 36.3 Å². The summed E-state index contributed by atoms with van der Waals surface area (Å²) in [6, 6.07) is 13.9. The highest BCUT2D eigenvalue weighted by Crippen LogP contribution is 2.48. The van der Waals surface area contributed by atoms with Crippen LogP contribution in [0.25, 0.3) is 0 Å². The monoisotopic (exact) mass is 557 g/mol. The third-order valence-electron chi connectivity index (χ3n) is 6.23. The zero-order chi connectivity index (χ0) is 28.0. The maximum atomic E-state index is 12.8. The van der Waals surface area contributed by atoms with E-state index in [9.17, 15) is 26.4 Å². The van der Waals surface area contributed by atoms with Gasteiger partial charge < -0.3 is 15.2 Å². The maximum Gasteiger partial charge on any atom is 0.490 e. The summed E-state index contributed by atoms with van der Waals surface area (Å²) in [6.07, 6.45) is -3.46. The lowest BCUT2D eigenvalue weighted by atomic mass is 9.95. The second kappa shape index (κ2) is 12.1. The molecule has 1 amide bonds. The van der Waals surface area contributed by atoms with Crippen LogP contribution >= 0.6 is 0 Å². The molecule has 0 unspecified atom stereocenters. The van der Waals surface area contributed by atoms with Gasteiger partial charge in [0.15, 0.2) is 0 Å². The Morgan fingerprint density at radius 2 is 1.68 bits per heavy atom. The van der Waals surface area contributed by atoms with Gasteiger partial charge in [-0.2, -0.15) is 13.2 Å². The number of morpholine rings is 1. The summed E-state index contributed by atoms with van der Waals surface area (Å²) >= 11 is 0. The van der Waals surface area contributed by atoms with Crippen molar-refractivity contribution in [3.8, 4) is 0 Å². The van der Waals surface area contributed by atoms with Crippen LogP contribution in [0.15, 0.2) is 53.4 Å². The average molecular weight is 558 g/mol. The first-order chi connectivity index (χ1) is 17.8. The van der Waals surface area contributed by atoms with Crippen molar-refractivity contribution >= 4 is 27.6 Å². The van der Waals surface area contributed by atoms with E-state index in [0.717, 1.165) is 56.8 Å². The summed E-state index contributed by atoms with van der Waals surface area (Å²) in [4.78, 5) is 24.3. The average Bonchev–Trinajstić information content (AvgIpc) is 3.67. The van der Waals surface area contributed by atoms with Gasteiger partial charge in [-0.25, -0.2) is 13.2 Å². The smallest absolute Gasteiger partial charge is 0.475 e. The number of amides is 1. The van der Waals surface area contributed by atoms with Gasteiger partial charge in [-0.15, -0.1) is 0 Å². The zero-order valence-corrected chi connectivity index (χ0v) is 21.6. The van der Waals surface area contributed by atoms with Gasteiger partial charge in [0, 0.05) is 31.9 Å². The molecule has 1 saturated heterocycles. The van der Waals surface area contributed by atoms with Crippen LogP contribution in [0.4, 0.5) is 18.9 Å². The Hall–Kier alpha value is -3.16. The summed E-state index contributed by atoms with van der Waals surface area (Å²) in [5, 5.41) is 10.2. The largest absolute Gasteiger partial charge is 0.490 e. The molecule has 0 aromatic heterocycles. The van der Waals surface area contributed by atoms with E-state index in [1.54, 1.807) is 30.3 Å². The van der Waals surface area contributed by atoms with E-state index in [1.807, 2.05) is 25.1 Å². The van der Waals surface area contributed by atoms with Crippen LogP contribution in [0.5, 0.6) is 0 Å². The summed E-state index contributed by atoms with van der Waals surface area (Å²) in [7, 11) is -3.65. The number of carbonyl (C=O) groups is 2. The van der Waals surface area contributed by atoms with Crippen molar-refractivity contribution in [1.29, 1.82) is 0 Å². The van der Waals surface area contributed by atoms with Crippen LogP contribution in [-0.4, -0.2) is 75.9 Å². The molecule has 13 heteroatoms. The molecule has 2 fully saturated rings. The van der Waals surface area contributed by atoms with Crippen molar-refractivity contribution in [2.24, 2.45) is 0 Å². The van der Waals surface area contributed by atoms with Gasteiger partial charge in [-0.3, -0.25) is 14.4 Å². The fraction of sp³-hybridized carbons (Fsp3) is 0.440. The molecule has 4 rings (SSSR count). The number of carboxylic acids is 1. The van der Waals surface area contributed by atoms with Crippen LogP contribution in [0, 0.1) is 6.92 Å². The topological polar surface area (TPSA) is 125 Å². The van der Waals surface area contributed by atoms with Crippen molar-refractivity contribution in [3.05, 3.63) is 59.7 Å². The van der Waals surface area contributed by atoms with Crippen molar-refractivity contribution in [3.63, 3.8) is 0 Å². The minimum absolute atomic E-state index is 0.0499. The minimum atomic E-state index is -5.08. The molecule has 0 spiro atoms. The summed E-state index contributed by atoms with van der Waals surface area (Å²) in [6.45, 7) is 6.60. The van der Waals surface area contributed by atoms with E-state index >= 15 is 0 Å². The Bertz CT molecular complexity index is 1230. The minimum Gasteiger partial charge on any atom is -0.475 e. The van der Waals surface area contributed by atoms with Crippen LogP contribution in [0.2, 0.25) is 0 Å². The number of halogens is 3. The molecule has 0 radical (unpaired) electrons.